The Balaban J connectivity index is 2.52. The van der Waals surface area contributed by atoms with Gasteiger partial charge in [-0.05, 0) is 38.4 Å². The zero-order valence-corrected chi connectivity index (χ0v) is 8.16. The molecule has 0 bridgehead atoms. The van der Waals surface area contributed by atoms with E-state index >= 15 is 0 Å². The van der Waals surface area contributed by atoms with Crippen molar-refractivity contribution >= 4 is 5.97 Å². The Labute approximate surface area is 82.1 Å². The minimum absolute atomic E-state index is 0.206. The van der Waals surface area contributed by atoms with Crippen LogP contribution in [0.4, 0.5) is 4.39 Å². The molecule has 0 amide bonds. The van der Waals surface area contributed by atoms with E-state index in [-0.39, 0.29) is 18.3 Å². The van der Waals surface area contributed by atoms with Crippen molar-refractivity contribution in [2.75, 3.05) is 20.6 Å². The monoisotopic (exact) mass is 197 g/mol. The van der Waals surface area contributed by atoms with Crippen molar-refractivity contribution in [2.45, 2.75) is 0 Å². The van der Waals surface area contributed by atoms with Gasteiger partial charge in [0.2, 0.25) is 0 Å². The number of ether oxygens (including phenoxy) is 1. The second-order valence-corrected chi connectivity index (χ2v) is 3.17. The molecule has 0 fully saturated rings. The van der Waals surface area contributed by atoms with Crippen LogP contribution in [0.2, 0.25) is 0 Å². The van der Waals surface area contributed by atoms with Crippen molar-refractivity contribution in [3.8, 4) is 5.75 Å². The topological polar surface area (TPSA) is 29.5 Å². The average Bonchev–Trinajstić information content (AvgIpc) is 2.07. The van der Waals surface area contributed by atoms with Gasteiger partial charge in [-0.3, -0.25) is 9.69 Å². The minimum atomic E-state index is -0.360. The van der Waals surface area contributed by atoms with Crippen LogP contribution in [0.3, 0.4) is 0 Å². The maximum atomic E-state index is 12.5. The van der Waals surface area contributed by atoms with Crippen LogP contribution >= 0.6 is 0 Å². The van der Waals surface area contributed by atoms with E-state index in [4.69, 9.17) is 4.74 Å². The molecule has 14 heavy (non-hydrogen) atoms. The fourth-order valence-electron chi connectivity index (χ4n) is 0.925. The van der Waals surface area contributed by atoms with Crippen LogP contribution in [0, 0.1) is 5.82 Å². The molecule has 0 atom stereocenters. The van der Waals surface area contributed by atoms with Gasteiger partial charge in [-0.2, -0.15) is 0 Å². The first-order chi connectivity index (χ1) is 6.58. The third kappa shape index (κ3) is 3.53. The highest BCUT2D eigenvalue weighted by molar-refractivity contribution is 5.74. The lowest BCUT2D eigenvalue weighted by molar-refractivity contribution is -0.135. The number of carbonyl (C=O) groups is 1. The fourth-order valence-corrected chi connectivity index (χ4v) is 0.925. The van der Waals surface area contributed by atoms with Gasteiger partial charge in [-0.1, -0.05) is 0 Å². The third-order valence-electron chi connectivity index (χ3n) is 1.49. The number of benzene rings is 1. The lowest BCUT2D eigenvalue weighted by Crippen LogP contribution is -2.25. The van der Waals surface area contributed by atoms with Gasteiger partial charge in [0.1, 0.15) is 11.6 Å². The molecule has 1 aromatic rings. The second kappa shape index (κ2) is 4.72. The van der Waals surface area contributed by atoms with E-state index in [1.165, 1.54) is 24.3 Å². The van der Waals surface area contributed by atoms with E-state index in [0.717, 1.165) is 0 Å². The Kier molecular flexibility index (Phi) is 3.59. The molecule has 3 nitrogen and oxygen atoms in total. The van der Waals surface area contributed by atoms with Gasteiger partial charge in [-0.25, -0.2) is 4.39 Å². The molecular weight excluding hydrogens is 185 g/mol. The Bertz CT molecular complexity index is 308. The van der Waals surface area contributed by atoms with Gasteiger partial charge in [0.15, 0.2) is 0 Å². The molecule has 0 unspecified atom stereocenters. The summed E-state index contributed by atoms with van der Waals surface area (Å²) in [6.45, 7) is 0.206. The molecule has 0 N–H and O–H groups in total. The standard InChI is InChI=1S/C10H12FNO2/c1-12(2)7-10(13)14-9-5-3-8(11)4-6-9/h3-6H,7H2,1-2H3. The van der Waals surface area contributed by atoms with Gasteiger partial charge in [0, 0.05) is 0 Å². The van der Waals surface area contributed by atoms with E-state index in [9.17, 15) is 9.18 Å². The van der Waals surface area contributed by atoms with E-state index in [2.05, 4.69) is 0 Å². The van der Waals surface area contributed by atoms with Crippen LogP contribution in [-0.4, -0.2) is 31.5 Å². The second-order valence-electron chi connectivity index (χ2n) is 3.17. The van der Waals surface area contributed by atoms with Gasteiger partial charge >= 0.3 is 5.97 Å². The lowest BCUT2D eigenvalue weighted by Gasteiger charge is -2.08. The molecule has 0 saturated heterocycles. The Morgan fingerprint density at radius 2 is 1.93 bits per heavy atom. The summed E-state index contributed by atoms with van der Waals surface area (Å²) < 4.78 is 17.4. The van der Waals surface area contributed by atoms with Crippen molar-refractivity contribution in [3.63, 3.8) is 0 Å². The number of hydrogen-bond acceptors (Lipinski definition) is 3. The van der Waals surface area contributed by atoms with Crippen LogP contribution in [0.5, 0.6) is 5.75 Å². The predicted molar refractivity (Wildman–Crippen MR) is 50.6 cm³/mol. The maximum absolute atomic E-state index is 12.5. The number of halogens is 1. The summed E-state index contributed by atoms with van der Waals surface area (Å²) in [4.78, 5) is 12.9. The van der Waals surface area contributed by atoms with E-state index in [1.54, 1.807) is 19.0 Å². The van der Waals surface area contributed by atoms with Gasteiger partial charge in [0.25, 0.3) is 0 Å². The summed E-state index contributed by atoms with van der Waals surface area (Å²) >= 11 is 0. The molecule has 4 heteroatoms. The number of hydrogen-bond donors (Lipinski definition) is 0. The highest BCUT2D eigenvalue weighted by Crippen LogP contribution is 2.10. The number of esters is 1. The number of carbonyl (C=O) groups excluding carboxylic acids is 1. The smallest absolute Gasteiger partial charge is 0.325 e. The molecular formula is C10H12FNO2. The molecule has 0 radical (unpaired) electrons. The molecule has 1 rings (SSSR count). The first kappa shape index (κ1) is 10.7. The highest BCUT2D eigenvalue weighted by atomic mass is 19.1. The largest absolute Gasteiger partial charge is 0.426 e. The van der Waals surface area contributed by atoms with E-state index in [0.29, 0.717) is 5.75 Å². The molecule has 0 saturated carbocycles. The Morgan fingerprint density at radius 1 is 1.36 bits per heavy atom. The van der Waals surface area contributed by atoms with Crippen molar-refractivity contribution in [2.24, 2.45) is 0 Å². The van der Waals surface area contributed by atoms with Crippen LogP contribution in [0.25, 0.3) is 0 Å². The zero-order chi connectivity index (χ0) is 10.6. The van der Waals surface area contributed by atoms with Crippen LogP contribution in [0.15, 0.2) is 24.3 Å². The van der Waals surface area contributed by atoms with Crippen LogP contribution < -0.4 is 4.74 Å². The molecule has 1 aromatic carbocycles. The normalized spacial score (nSPS) is 10.3. The van der Waals surface area contributed by atoms with Crippen molar-refractivity contribution in [3.05, 3.63) is 30.1 Å². The molecule has 76 valence electrons. The van der Waals surface area contributed by atoms with E-state index in [1.807, 2.05) is 0 Å². The SMILES string of the molecule is CN(C)CC(=O)Oc1ccc(F)cc1. The van der Waals surface area contributed by atoms with Crippen LogP contribution in [-0.2, 0) is 4.79 Å². The third-order valence-corrected chi connectivity index (χ3v) is 1.49. The predicted octanol–water partition coefficient (Wildman–Crippen LogP) is 1.29. The van der Waals surface area contributed by atoms with Crippen LogP contribution in [0.1, 0.15) is 0 Å². The summed E-state index contributed by atoms with van der Waals surface area (Å²) in [7, 11) is 3.54. The van der Waals surface area contributed by atoms with Crippen molar-refractivity contribution < 1.29 is 13.9 Å². The molecule has 0 heterocycles. The van der Waals surface area contributed by atoms with Crippen molar-refractivity contribution in [1.29, 1.82) is 0 Å². The molecule has 0 aliphatic rings. The summed E-state index contributed by atoms with van der Waals surface area (Å²) in [6, 6.07) is 5.34. The summed E-state index contributed by atoms with van der Waals surface area (Å²) in [5, 5.41) is 0. The van der Waals surface area contributed by atoms with E-state index < -0.39 is 0 Å². The minimum Gasteiger partial charge on any atom is -0.426 e. The Morgan fingerprint density at radius 3 is 2.43 bits per heavy atom. The molecule has 0 aliphatic carbocycles. The summed E-state index contributed by atoms with van der Waals surface area (Å²) in [5.41, 5.74) is 0. The number of likely N-dealkylation sites (N-methyl/N-ethyl adjacent to an activating group) is 1. The molecule has 0 aromatic heterocycles. The lowest BCUT2D eigenvalue weighted by atomic mass is 10.3. The number of rotatable bonds is 3. The number of nitrogens with zero attached hydrogens (tertiary/aromatic N) is 1. The molecule has 0 aliphatic heterocycles. The van der Waals surface area contributed by atoms with Gasteiger partial charge < -0.3 is 4.74 Å². The fraction of sp³-hybridized carbons (Fsp3) is 0.300. The van der Waals surface area contributed by atoms with Gasteiger partial charge in [-0.15, -0.1) is 0 Å². The quantitative estimate of drug-likeness (QED) is 0.540. The summed E-state index contributed by atoms with van der Waals surface area (Å²) in [6.07, 6.45) is 0. The Hall–Kier alpha value is -1.42. The van der Waals surface area contributed by atoms with Crippen molar-refractivity contribution in [1.82, 2.24) is 4.90 Å². The maximum Gasteiger partial charge on any atom is 0.325 e. The average molecular weight is 197 g/mol. The zero-order valence-electron chi connectivity index (χ0n) is 8.16. The highest BCUT2D eigenvalue weighted by Gasteiger charge is 2.05. The van der Waals surface area contributed by atoms with Gasteiger partial charge in [0.05, 0.1) is 6.54 Å². The molecule has 0 spiro atoms. The first-order valence-electron chi connectivity index (χ1n) is 4.19. The summed E-state index contributed by atoms with van der Waals surface area (Å²) in [5.74, 6) is -0.350. The first-order valence-corrected chi connectivity index (χ1v) is 4.19.